The number of amides is 1. The molecule has 2 aromatic carbocycles. The maximum absolute atomic E-state index is 15.2. The van der Waals surface area contributed by atoms with Gasteiger partial charge in [0.25, 0.3) is 0 Å². The number of benzene rings is 2. The predicted molar refractivity (Wildman–Crippen MR) is 221 cm³/mol. The Hall–Kier alpha value is -4.76. The van der Waals surface area contributed by atoms with Crippen LogP contribution in [0, 0.1) is 11.3 Å². The number of H-pyrrole nitrogens is 1. The number of nitrogens with one attached hydrogen (secondary N) is 1. The summed E-state index contributed by atoms with van der Waals surface area (Å²) in [6, 6.07) is 10.1. The van der Waals surface area contributed by atoms with E-state index in [1.807, 2.05) is 62.4 Å². The van der Waals surface area contributed by atoms with Gasteiger partial charge in [-0.15, -0.1) is 0 Å². The summed E-state index contributed by atoms with van der Waals surface area (Å²) in [6.07, 6.45) is 5.79. The molecule has 1 unspecified atom stereocenters. The fourth-order valence-electron chi connectivity index (χ4n) is 13.4. The topological polar surface area (TPSA) is 171 Å². The van der Waals surface area contributed by atoms with E-state index >= 15 is 4.79 Å². The molecular weight excluding hydrogens is 769 g/mol. The van der Waals surface area contributed by atoms with Crippen molar-refractivity contribution >= 4 is 40.9 Å². The monoisotopic (exact) mass is 824 g/mol. The summed E-state index contributed by atoms with van der Waals surface area (Å²) in [7, 11) is 4.05. The van der Waals surface area contributed by atoms with Crippen molar-refractivity contribution < 1.29 is 48.3 Å². The smallest absolute Gasteiger partial charge is 0.344 e. The van der Waals surface area contributed by atoms with Gasteiger partial charge >= 0.3 is 17.9 Å². The van der Waals surface area contributed by atoms with E-state index in [1.54, 1.807) is 0 Å². The van der Waals surface area contributed by atoms with Crippen LogP contribution in [0.2, 0.25) is 0 Å². The summed E-state index contributed by atoms with van der Waals surface area (Å²) in [5, 5.41) is 26.2. The number of esters is 3. The molecule has 2 saturated heterocycles. The van der Waals surface area contributed by atoms with Gasteiger partial charge < -0.3 is 39.0 Å². The molecule has 1 saturated carbocycles. The molecule has 14 nitrogen and oxygen atoms in total. The Kier molecular flexibility index (Phi) is 9.58. The minimum absolute atomic E-state index is 0.169. The Morgan fingerprint density at radius 3 is 2.38 bits per heavy atom. The molecule has 60 heavy (non-hydrogen) atoms. The molecule has 1 aromatic heterocycles. The number of aromatic nitrogens is 1. The summed E-state index contributed by atoms with van der Waals surface area (Å²) in [6.45, 7) is 8.16. The third-order valence-corrected chi connectivity index (χ3v) is 15.5. The van der Waals surface area contributed by atoms with Gasteiger partial charge in [-0.05, 0) is 68.2 Å². The number of rotatable bonds is 8. The predicted octanol–water partition coefficient (Wildman–Crippen LogP) is 3.52. The summed E-state index contributed by atoms with van der Waals surface area (Å²) in [5.74, 6) is -2.20. The van der Waals surface area contributed by atoms with Crippen molar-refractivity contribution in [2.45, 2.75) is 99.5 Å². The fourth-order valence-corrected chi connectivity index (χ4v) is 13.4. The van der Waals surface area contributed by atoms with Gasteiger partial charge in [-0.1, -0.05) is 56.3 Å². The number of piperidine rings is 1. The second-order valence-corrected chi connectivity index (χ2v) is 18.1. The van der Waals surface area contributed by atoms with E-state index in [4.69, 9.17) is 18.9 Å². The van der Waals surface area contributed by atoms with Gasteiger partial charge in [0, 0.05) is 72.1 Å². The Morgan fingerprint density at radius 2 is 1.70 bits per heavy atom. The number of ether oxygens (including phenoxy) is 4. The van der Waals surface area contributed by atoms with Crippen molar-refractivity contribution in [3.63, 3.8) is 0 Å². The molecule has 1 aliphatic carbocycles. The van der Waals surface area contributed by atoms with Crippen LogP contribution in [0.25, 0.3) is 10.9 Å². The molecule has 14 heteroatoms. The minimum atomic E-state index is -2.55. The van der Waals surface area contributed by atoms with Crippen LogP contribution in [-0.4, -0.2) is 133 Å². The third kappa shape index (κ3) is 5.13. The molecule has 6 aliphatic rings. The van der Waals surface area contributed by atoms with Crippen molar-refractivity contribution in [2.24, 2.45) is 11.3 Å². The molecule has 320 valence electrons. The molecule has 3 fully saturated rings. The van der Waals surface area contributed by atoms with E-state index in [0.717, 1.165) is 16.5 Å². The number of hydrogen-bond donors (Lipinski definition) is 3. The van der Waals surface area contributed by atoms with Crippen LogP contribution >= 0.6 is 0 Å². The molecular formula is C46H56N4O10. The minimum Gasteiger partial charge on any atom is -0.494 e. The van der Waals surface area contributed by atoms with Crippen LogP contribution in [0.1, 0.15) is 75.3 Å². The van der Waals surface area contributed by atoms with E-state index in [0.29, 0.717) is 93.7 Å². The van der Waals surface area contributed by atoms with Gasteiger partial charge in [0.05, 0.1) is 38.7 Å². The van der Waals surface area contributed by atoms with Crippen LogP contribution < -0.4 is 9.64 Å². The van der Waals surface area contributed by atoms with E-state index in [9.17, 15) is 24.6 Å². The summed E-state index contributed by atoms with van der Waals surface area (Å²) < 4.78 is 23.9. The van der Waals surface area contributed by atoms with Crippen molar-refractivity contribution in [1.82, 2.24) is 14.8 Å². The number of para-hydroxylation sites is 1. The zero-order valence-corrected chi connectivity index (χ0v) is 35.3. The summed E-state index contributed by atoms with van der Waals surface area (Å²) in [4.78, 5) is 66.3. The van der Waals surface area contributed by atoms with Gasteiger partial charge in [0.1, 0.15) is 11.2 Å². The van der Waals surface area contributed by atoms with Crippen LogP contribution in [-0.2, 0) is 50.6 Å². The van der Waals surface area contributed by atoms with Crippen molar-refractivity contribution in [1.29, 1.82) is 0 Å². The van der Waals surface area contributed by atoms with E-state index in [1.165, 1.54) is 33.2 Å². The lowest BCUT2D eigenvalue weighted by Gasteiger charge is -2.63. The number of aromatic amines is 1. The van der Waals surface area contributed by atoms with Crippen LogP contribution in [0.15, 0.2) is 48.6 Å². The first-order valence-electron chi connectivity index (χ1n) is 21.3. The average Bonchev–Trinajstić information content (AvgIpc) is 3.93. The number of fused-ring (bicyclic) bond motifs is 6. The third-order valence-electron chi connectivity index (χ3n) is 15.5. The lowest BCUT2D eigenvalue weighted by molar-refractivity contribution is -0.228. The number of methoxy groups -OCH3 is 3. The Balaban J connectivity index is 1.36. The van der Waals surface area contributed by atoms with Crippen molar-refractivity contribution in [3.8, 4) is 5.75 Å². The van der Waals surface area contributed by atoms with Gasteiger partial charge in [-0.3, -0.25) is 24.2 Å². The number of aliphatic hydroxyl groups is 2. The summed E-state index contributed by atoms with van der Waals surface area (Å²) >= 11 is 0. The zero-order valence-electron chi connectivity index (χ0n) is 35.3. The molecule has 2 bridgehead atoms. The lowest BCUT2D eigenvalue weighted by Crippen LogP contribution is -2.81. The summed E-state index contributed by atoms with van der Waals surface area (Å²) in [5.41, 5.74) is -3.33. The largest absolute Gasteiger partial charge is 0.494 e. The molecule has 10 atom stereocenters. The van der Waals surface area contributed by atoms with Crippen molar-refractivity contribution in [2.75, 3.05) is 59.0 Å². The molecule has 1 spiro atoms. The van der Waals surface area contributed by atoms with E-state index < -0.39 is 63.5 Å². The first-order valence-corrected chi connectivity index (χ1v) is 21.3. The standard InChI is InChI=1S/C46H56N4O10/c1-7-42(55)22-28-23-45(40(53)58-5,36-30(16-20-48(24-28)25-42)29-12-9-10-13-33(29)47-36)32-15-14-31-34(35(32)57-4)50(26-51)38-44(31)18-21-49-19-11-17-43(8-2,37(44)49)39(60-27(3)52)46(38,56)41(54)59-6/h9-15,17,26,28,37-39,47,55-56H,7-8,16,18-25H2,1-6H3/t28-,37+,38-,39-,42+,43-,44-,45-,46+/m1/s1. The Labute approximate surface area is 349 Å². The van der Waals surface area contributed by atoms with E-state index in [2.05, 4.69) is 14.8 Å². The van der Waals surface area contributed by atoms with E-state index in [-0.39, 0.29) is 18.1 Å². The van der Waals surface area contributed by atoms with Crippen LogP contribution in [0.5, 0.6) is 5.75 Å². The number of carbonyl (C=O) groups excluding carboxylic acids is 4. The van der Waals surface area contributed by atoms with Gasteiger partial charge in [0.15, 0.2) is 6.10 Å². The number of anilines is 1. The highest BCUT2D eigenvalue weighted by Gasteiger charge is 2.81. The zero-order chi connectivity index (χ0) is 42.6. The number of hydrogen-bond acceptors (Lipinski definition) is 12. The average molecular weight is 825 g/mol. The molecule has 3 N–H and O–H groups in total. The molecule has 3 aromatic rings. The lowest BCUT2D eigenvalue weighted by atomic mass is 9.47. The van der Waals surface area contributed by atoms with Crippen LogP contribution in [0.4, 0.5) is 5.69 Å². The molecule has 6 heterocycles. The SMILES string of the molecule is CC[C@]1(O)C[C@H]2CN(CCc3c([nH]c4ccccc34)[C@](C(=O)OC)(c3ccc4c(c3OC)N(C=O)[C@H]3[C@@](O)(C(=O)OC)[C@H](OC(C)=O)[C@]5(CC)C=CCN6CC[C@]43[C@@H]65)C2)C1. The molecule has 5 aliphatic heterocycles. The van der Waals surface area contributed by atoms with Gasteiger partial charge in [-0.25, -0.2) is 4.79 Å². The quantitative estimate of drug-likeness (QED) is 0.131. The molecule has 9 rings (SSSR count). The van der Waals surface area contributed by atoms with Gasteiger partial charge in [0.2, 0.25) is 12.0 Å². The highest BCUT2D eigenvalue weighted by Crippen LogP contribution is 2.69. The maximum atomic E-state index is 15.2. The Bertz CT molecular complexity index is 2310. The maximum Gasteiger partial charge on any atom is 0.344 e. The highest BCUT2D eigenvalue weighted by atomic mass is 16.6. The van der Waals surface area contributed by atoms with Crippen LogP contribution in [0.3, 0.4) is 0 Å². The fraction of sp³-hybridized carbons (Fsp3) is 0.565. The second-order valence-electron chi connectivity index (χ2n) is 18.1. The first-order chi connectivity index (χ1) is 28.8. The number of carbonyl (C=O) groups is 4. The Morgan fingerprint density at radius 1 is 0.950 bits per heavy atom. The first kappa shape index (κ1) is 40.6. The molecule has 1 amide bonds. The molecule has 0 radical (unpaired) electrons. The normalized spacial score (nSPS) is 36.5. The second kappa shape index (κ2) is 14.1. The van der Waals surface area contributed by atoms with Gasteiger partial charge in [-0.2, -0.15) is 0 Å². The highest BCUT2D eigenvalue weighted by molar-refractivity contribution is 5.98. The number of nitrogens with zero attached hydrogens (tertiary/aromatic N) is 3. The van der Waals surface area contributed by atoms with Crippen molar-refractivity contribution in [3.05, 3.63) is 70.9 Å².